The number of imidazole rings is 1. The molecule has 4 atom stereocenters. The monoisotopic (exact) mass is 379 g/mol. The number of hydrogen-bond acceptors (Lipinski definition) is 4. The highest BCUT2D eigenvalue weighted by Gasteiger charge is 2.57. The van der Waals surface area contributed by atoms with E-state index in [0.717, 1.165) is 31.6 Å². The summed E-state index contributed by atoms with van der Waals surface area (Å²) in [6.45, 7) is 5.53. The summed E-state index contributed by atoms with van der Waals surface area (Å²) in [5.74, 6) is 0.888. The topological polar surface area (TPSA) is 69.1 Å². The zero-order valence-electron chi connectivity index (χ0n) is 16.6. The first-order chi connectivity index (χ1) is 13.6. The zero-order valence-corrected chi connectivity index (χ0v) is 16.6. The maximum Gasteiger partial charge on any atom is 0.0946 e. The molecule has 148 valence electrons. The molecule has 0 saturated carbocycles. The molecule has 1 aromatic carbocycles. The summed E-state index contributed by atoms with van der Waals surface area (Å²) in [6.07, 6.45) is 6.78. The summed E-state index contributed by atoms with van der Waals surface area (Å²) < 4.78 is 2.11. The molecule has 28 heavy (non-hydrogen) atoms. The van der Waals surface area contributed by atoms with Gasteiger partial charge in [0.05, 0.1) is 30.2 Å². The molecule has 0 spiro atoms. The van der Waals surface area contributed by atoms with Crippen LogP contribution in [0.4, 0.5) is 0 Å². The third-order valence-corrected chi connectivity index (χ3v) is 7.10. The van der Waals surface area contributed by atoms with Gasteiger partial charge in [-0.05, 0) is 36.4 Å². The zero-order chi connectivity index (χ0) is 19.3. The number of hydrogen-bond donors (Lipinski definition) is 3. The molecular weight excluding hydrogens is 350 g/mol. The summed E-state index contributed by atoms with van der Waals surface area (Å²) >= 11 is 0. The number of aromatic nitrogens is 3. The lowest BCUT2D eigenvalue weighted by molar-refractivity contribution is 0.127. The van der Waals surface area contributed by atoms with Crippen molar-refractivity contribution in [3.8, 4) is 0 Å². The Kier molecular flexibility index (Phi) is 4.30. The van der Waals surface area contributed by atoms with Gasteiger partial charge in [0.1, 0.15) is 0 Å². The van der Waals surface area contributed by atoms with Crippen molar-refractivity contribution >= 4 is 10.9 Å². The number of aryl methyl sites for hydroxylation is 1. The van der Waals surface area contributed by atoms with Gasteiger partial charge in [0, 0.05) is 43.4 Å². The fourth-order valence-corrected chi connectivity index (χ4v) is 5.60. The van der Waals surface area contributed by atoms with E-state index < -0.39 is 0 Å². The molecule has 6 heteroatoms. The molecule has 0 aliphatic carbocycles. The quantitative estimate of drug-likeness (QED) is 0.635. The summed E-state index contributed by atoms with van der Waals surface area (Å²) in [7, 11) is 2.06. The summed E-state index contributed by atoms with van der Waals surface area (Å²) in [6, 6.07) is 8.64. The summed E-state index contributed by atoms with van der Waals surface area (Å²) in [5, 5.41) is 15.8. The maximum atomic E-state index is 10.7. The fourth-order valence-electron chi connectivity index (χ4n) is 5.60. The minimum absolute atomic E-state index is 0.138. The van der Waals surface area contributed by atoms with E-state index in [1.165, 1.54) is 16.6 Å². The number of para-hydroxylation sites is 1. The molecule has 2 aromatic heterocycles. The standard InChI is InChI=1S/C22H29N5O/c1-3-27-11-17-18(12-27)22(13-28,25-21(17)20-10-23-14-26(20)2)8-15-9-24-19-7-5-4-6-16(15)19/h4-7,9-10,14,17-18,21,24-25,28H,3,8,11-13H2,1-2H3/t17-,18+,21+,22+/m1/s1. The van der Waals surface area contributed by atoms with Crippen molar-refractivity contribution in [1.29, 1.82) is 0 Å². The molecule has 3 aromatic rings. The average molecular weight is 380 g/mol. The molecule has 3 N–H and O–H groups in total. The van der Waals surface area contributed by atoms with E-state index in [1.807, 2.05) is 12.5 Å². The lowest BCUT2D eigenvalue weighted by Gasteiger charge is -2.34. The van der Waals surface area contributed by atoms with Gasteiger partial charge in [-0.2, -0.15) is 0 Å². The Hall–Kier alpha value is -2.15. The number of aromatic amines is 1. The molecule has 0 bridgehead atoms. The van der Waals surface area contributed by atoms with Gasteiger partial charge in [-0.25, -0.2) is 4.98 Å². The predicted octanol–water partition coefficient (Wildman–Crippen LogP) is 2.09. The van der Waals surface area contributed by atoms with Crippen LogP contribution in [0.1, 0.15) is 24.2 Å². The second-order valence-corrected chi connectivity index (χ2v) is 8.52. The number of fused-ring (bicyclic) bond motifs is 2. The van der Waals surface area contributed by atoms with E-state index in [0.29, 0.717) is 11.8 Å². The van der Waals surface area contributed by atoms with Crippen molar-refractivity contribution in [3.05, 3.63) is 54.2 Å². The summed E-state index contributed by atoms with van der Waals surface area (Å²) in [5.41, 5.74) is 3.32. The minimum Gasteiger partial charge on any atom is -0.394 e. The van der Waals surface area contributed by atoms with Gasteiger partial charge in [-0.15, -0.1) is 0 Å². The Labute approximate surface area is 165 Å². The number of aliphatic hydroxyl groups is 1. The van der Waals surface area contributed by atoms with E-state index in [-0.39, 0.29) is 18.2 Å². The van der Waals surface area contributed by atoms with E-state index >= 15 is 0 Å². The number of benzene rings is 1. The lowest BCUT2D eigenvalue weighted by Crippen LogP contribution is -2.52. The number of aliphatic hydroxyl groups excluding tert-OH is 1. The smallest absolute Gasteiger partial charge is 0.0946 e. The van der Waals surface area contributed by atoms with E-state index in [9.17, 15) is 5.11 Å². The van der Waals surface area contributed by atoms with Crippen LogP contribution >= 0.6 is 0 Å². The first kappa shape index (κ1) is 17.9. The van der Waals surface area contributed by atoms with Gasteiger partial charge in [-0.1, -0.05) is 25.1 Å². The Balaban J connectivity index is 1.54. The van der Waals surface area contributed by atoms with Gasteiger partial charge in [0.25, 0.3) is 0 Å². The SMILES string of the molecule is CCN1C[C@H]2[C@@H](c3cncn3C)N[C@](CO)(Cc3c[nH]c4ccccc34)[C@H]2C1. The van der Waals surface area contributed by atoms with Crippen molar-refractivity contribution in [2.75, 3.05) is 26.2 Å². The van der Waals surface area contributed by atoms with Crippen LogP contribution in [0.15, 0.2) is 43.0 Å². The highest BCUT2D eigenvalue weighted by molar-refractivity contribution is 5.83. The number of rotatable bonds is 5. The molecule has 0 radical (unpaired) electrons. The van der Waals surface area contributed by atoms with Crippen LogP contribution in [0.3, 0.4) is 0 Å². The van der Waals surface area contributed by atoms with E-state index in [4.69, 9.17) is 0 Å². The lowest BCUT2D eigenvalue weighted by atomic mass is 9.77. The highest BCUT2D eigenvalue weighted by atomic mass is 16.3. The number of nitrogens with one attached hydrogen (secondary N) is 2. The highest BCUT2D eigenvalue weighted by Crippen LogP contribution is 2.48. The van der Waals surface area contributed by atoms with Crippen molar-refractivity contribution in [1.82, 2.24) is 24.8 Å². The van der Waals surface area contributed by atoms with Crippen LogP contribution < -0.4 is 5.32 Å². The van der Waals surface area contributed by atoms with Crippen LogP contribution in [0.2, 0.25) is 0 Å². The van der Waals surface area contributed by atoms with Crippen LogP contribution in [-0.4, -0.2) is 56.3 Å². The Morgan fingerprint density at radius 1 is 1.29 bits per heavy atom. The molecule has 0 unspecified atom stereocenters. The van der Waals surface area contributed by atoms with Crippen LogP contribution in [-0.2, 0) is 13.5 Å². The normalized spacial score (nSPS) is 30.3. The van der Waals surface area contributed by atoms with E-state index in [2.05, 4.69) is 69.2 Å². The fraction of sp³-hybridized carbons (Fsp3) is 0.500. The van der Waals surface area contributed by atoms with Crippen LogP contribution in [0, 0.1) is 11.8 Å². The number of nitrogens with zero attached hydrogens (tertiary/aromatic N) is 3. The van der Waals surface area contributed by atoms with Gasteiger partial charge >= 0.3 is 0 Å². The first-order valence-electron chi connectivity index (χ1n) is 10.3. The Bertz CT molecular complexity index is 978. The molecule has 2 aliphatic heterocycles. The molecular formula is C22H29N5O. The van der Waals surface area contributed by atoms with Crippen molar-refractivity contribution in [3.63, 3.8) is 0 Å². The summed E-state index contributed by atoms with van der Waals surface area (Å²) in [4.78, 5) is 10.3. The van der Waals surface area contributed by atoms with E-state index in [1.54, 1.807) is 0 Å². The predicted molar refractivity (Wildman–Crippen MR) is 110 cm³/mol. The Morgan fingerprint density at radius 2 is 2.14 bits per heavy atom. The van der Waals surface area contributed by atoms with Crippen molar-refractivity contribution in [2.45, 2.75) is 24.9 Å². The third-order valence-electron chi connectivity index (χ3n) is 7.10. The molecule has 4 heterocycles. The number of likely N-dealkylation sites (tertiary alicyclic amines) is 1. The number of H-pyrrole nitrogens is 1. The third kappa shape index (κ3) is 2.63. The molecule has 2 fully saturated rings. The van der Waals surface area contributed by atoms with Crippen molar-refractivity contribution < 1.29 is 5.11 Å². The van der Waals surface area contributed by atoms with Crippen LogP contribution in [0.25, 0.3) is 10.9 Å². The molecule has 6 nitrogen and oxygen atoms in total. The van der Waals surface area contributed by atoms with Gasteiger partial charge in [-0.3, -0.25) is 5.32 Å². The Morgan fingerprint density at radius 3 is 2.89 bits per heavy atom. The molecule has 2 aliphatic rings. The first-order valence-corrected chi connectivity index (χ1v) is 10.3. The van der Waals surface area contributed by atoms with Gasteiger partial charge in [0.2, 0.25) is 0 Å². The largest absolute Gasteiger partial charge is 0.394 e. The molecule has 5 rings (SSSR count). The molecule has 2 saturated heterocycles. The maximum absolute atomic E-state index is 10.7. The minimum atomic E-state index is -0.325. The second-order valence-electron chi connectivity index (χ2n) is 8.52. The van der Waals surface area contributed by atoms with Gasteiger partial charge in [0.15, 0.2) is 0 Å². The van der Waals surface area contributed by atoms with Gasteiger partial charge < -0.3 is 19.6 Å². The average Bonchev–Trinajstić information content (AvgIpc) is 3.47. The second kappa shape index (κ2) is 6.72. The van der Waals surface area contributed by atoms with Crippen molar-refractivity contribution in [2.24, 2.45) is 18.9 Å². The van der Waals surface area contributed by atoms with Crippen LogP contribution in [0.5, 0.6) is 0 Å². The molecule has 0 amide bonds.